The van der Waals surface area contributed by atoms with Crippen molar-refractivity contribution in [2.24, 2.45) is 0 Å². The van der Waals surface area contributed by atoms with Crippen LogP contribution in [0.2, 0.25) is 0 Å². The number of nitrogens with zero attached hydrogens (tertiary/aromatic N) is 4. The summed E-state index contributed by atoms with van der Waals surface area (Å²) < 4.78 is 10.9. The molecule has 1 N–H and O–H groups in total. The fourth-order valence-electron chi connectivity index (χ4n) is 2.71. The number of hydrogen-bond acceptors (Lipinski definition) is 7. The lowest BCUT2D eigenvalue weighted by Crippen LogP contribution is -2.16. The Bertz CT molecular complexity index is 844. The van der Waals surface area contributed by atoms with Gasteiger partial charge in [0.2, 0.25) is 5.88 Å². The minimum absolute atomic E-state index is 0.351. The first kappa shape index (κ1) is 14.8. The minimum atomic E-state index is 0.351. The van der Waals surface area contributed by atoms with Gasteiger partial charge < -0.3 is 14.6 Å². The van der Waals surface area contributed by atoms with Gasteiger partial charge in [0.25, 0.3) is 5.89 Å². The van der Waals surface area contributed by atoms with Gasteiger partial charge in [0.1, 0.15) is 11.4 Å². The van der Waals surface area contributed by atoms with E-state index in [0.717, 1.165) is 31.7 Å². The normalized spacial score (nSPS) is 14.0. The molecule has 2 aromatic heterocycles. The largest absolute Gasteiger partial charge is 0.437 e. The second-order valence-corrected chi connectivity index (χ2v) is 5.67. The first-order chi connectivity index (χ1) is 11.8. The number of fused-ring (bicyclic) bond motifs is 1. The lowest BCUT2D eigenvalue weighted by Gasteiger charge is -2.09. The molecule has 0 aliphatic carbocycles. The van der Waals surface area contributed by atoms with Crippen molar-refractivity contribution in [3.05, 3.63) is 47.5 Å². The number of nitrogens with one attached hydrogen (secondary N) is 1. The van der Waals surface area contributed by atoms with Gasteiger partial charge in [-0.25, -0.2) is 9.97 Å². The zero-order valence-corrected chi connectivity index (χ0v) is 13.3. The highest BCUT2D eigenvalue weighted by Gasteiger charge is 2.11. The van der Waals surface area contributed by atoms with Gasteiger partial charge in [0, 0.05) is 0 Å². The molecule has 7 nitrogen and oxygen atoms in total. The van der Waals surface area contributed by atoms with Crippen LogP contribution in [-0.4, -0.2) is 33.2 Å². The number of rotatable bonds is 3. The second-order valence-electron chi connectivity index (χ2n) is 5.67. The maximum Gasteiger partial charge on any atom is 0.278 e. The zero-order valence-electron chi connectivity index (χ0n) is 13.3. The van der Waals surface area contributed by atoms with Crippen LogP contribution in [-0.2, 0) is 12.8 Å². The Hall–Kier alpha value is -2.80. The third-order valence-corrected chi connectivity index (χ3v) is 3.92. The van der Waals surface area contributed by atoms with E-state index < -0.39 is 0 Å². The number of aromatic nitrogens is 4. The van der Waals surface area contributed by atoms with Gasteiger partial charge in [-0.15, -0.1) is 0 Å². The van der Waals surface area contributed by atoms with Crippen LogP contribution in [0.25, 0.3) is 11.6 Å². The Balaban J connectivity index is 1.52. The highest BCUT2D eigenvalue weighted by molar-refractivity contribution is 5.45. The van der Waals surface area contributed by atoms with Crippen molar-refractivity contribution >= 4 is 0 Å². The maximum absolute atomic E-state index is 5.82. The van der Waals surface area contributed by atoms with Crippen LogP contribution in [0.15, 0.2) is 35.1 Å². The van der Waals surface area contributed by atoms with E-state index in [2.05, 4.69) is 37.6 Å². The molecule has 1 aromatic carbocycles. The smallest absolute Gasteiger partial charge is 0.278 e. The molecule has 0 saturated carbocycles. The summed E-state index contributed by atoms with van der Waals surface area (Å²) in [5, 5.41) is 7.15. The van der Waals surface area contributed by atoms with Crippen molar-refractivity contribution in [3.8, 4) is 23.2 Å². The summed E-state index contributed by atoms with van der Waals surface area (Å²) in [6.45, 7) is 3.77. The Labute approximate surface area is 139 Å². The predicted octanol–water partition coefficient (Wildman–Crippen LogP) is 2.32. The van der Waals surface area contributed by atoms with Crippen LogP contribution in [0, 0.1) is 6.92 Å². The molecular formula is C17H17N5O2. The van der Waals surface area contributed by atoms with E-state index in [1.165, 1.54) is 11.1 Å². The average molecular weight is 323 g/mol. The molecule has 0 spiro atoms. The first-order valence-electron chi connectivity index (χ1n) is 7.91. The van der Waals surface area contributed by atoms with Crippen LogP contribution in [0.5, 0.6) is 11.6 Å². The van der Waals surface area contributed by atoms with Crippen LogP contribution in [0.4, 0.5) is 0 Å². The van der Waals surface area contributed by atoms with Crippen LogP contribution in [0.3, 0.4) is 0 Å². The van der Waals surface area contributed by atoms with Crippen LogP contribution < -0.4 is 10.1 Å². The summed E-state index contributed by atoms with van der Waals surface area (Å²) in [6.07, 6.45) is 5.18. The molecule has 7 heteroatoms. The quantitative estimate of drug-likeness (QED) is 0.791. The molecule has 0 atom stereocenters. The van der Waals surface area contributed by atoms with Gasteiger partial charge in [-0.1, -0.05) is 11.2 Å². The zero-order chi connectivity index (χ0) is 16.4. The van der Waals surface area contributed by atoms with E-state index in [1.807, 2.05) is 6.07 Å². The summed E-state index contributed by atoms with van der Waals surface area (Å²) in [6, 6.07) is 6.18. The van der Waals surface area contributed by atoms with Gasteiger partial charge in [-0.3, -0.25) is 0 Å². The maximum atomic E-state index is 5.82. The number of aryl methyl sites for hydroxylation is 1. The Morgan fingerprint density at radius 3 is 2.71 bits per heavy atom. The Morgan fingerprint density at radius 2 is 1.96 bits per heavy atom. The third-order valence-electron chi connectivity index (χ3n) is 3.92. The molecule has 1 aliphatic rings. The average Bonchev–Trinajstić information content (AvgIpc) is 2.90. The molecule has 4 rings (SSSR count). The van der Waals surface area contributed by atoms with Crippen molar-refractivity contribution in [3.63, 3.8) is 0 Å². The molecule has 0 bridgehead atoms. The minimum Gasteiger partial charge on any atom is -0.437 e. The van der Waals surface area contributed by atoms with Crippen LogP contribution >= 0.6 is 0 Å². The molecule has 24 heavy (non-hydrogen) atoms. The van der Waals surface area contributed by atoms with Gasteiger partial charge >= 0.3 is 0 Å². The van der Waals surface area contributed by atoms with E-state index in [1.54, 1.807) is 19.3 Å². The fourth-order valence-corrected chi connectivity index (χ4v) is 2.71. The van der Waals surface area contributed by atoms with E-state index in [0.29, 0.717) is 23.3 Å². The molecule has 122 valence electrons. The highest BCUT2D eigenvalue weighted by Crippen LogP contribution is 2.24. The van der Waals surface area contributed by atoms with Gasteiger partial charge in [-0.2, -0.15) is 4.98 Å². The lowest BCUT2D eigenvalue weighted by molar-refractivity contribution is 0.423. The summed E-state index contributed by atoms with van der Waals surface area (Å²) in [5.74, 6) is 2.11. The van der Waals surface area contributed by atoms with E-state index in [9.17, 15) is 0 Å². The van der Waals surface area contributed by atoms with Gasteiger partial charge in [0.05, 0.1) is 12.4 Å². The molecule has 0 amide bonds. The fraction of sp³-hybridized carbons (Fsp3) is 0.294. The van der Waals surface area contributed by atoms with Crippen LogP contribution in [0.1, 0.15) is 17.0 Å². The number of benzene rings is 1. The summed E-state index contributed by atoms with van der Waals surface area (Å²) >= 11 is 0. The molecule has 0 saturated heterocycles. The Kier molecular flexibility index (Phi) is 3.92. The molecule has 0 unspecified atom stereocenters. The molecular weight excluding hydrogens is 306 g/mol. The number of hydrogen-bond donors (Lipinski definition) is 1. The SMILES string of the molecule is Cc1noc(-c2cnc(Oc3ccc4c(c3)CCNCC4)cn2)n1. The standard InChI is InChI=1S/C17H17N5O2/c1-11-21-17(24-22-11)15-9-20-16(10-19-15)23-14-3-2-12-4-6-18-7-5-13(12)8-14/h2-3,8-10,18H,4-7H2,1H3. The van der Waals surface area contributed by atoms with Crippen molar-refractivity contribution < 1.29 is 9.26 Å². The second kappa shape index (κ2) is 6.37. The lowest BCUT2D eigenvalue weighted by atomic mass is 10.0. The molecule has 0 fully saturated rings. The van der Waals surface area contributed by atoms with Gasteiger partial charge in [-0.05, 0) is 56.1 Å². The molecule has 0 radical (unpaired) electrons. The van der Waals surface area contributed by atoms with Gasteiger partial charge in [0.15, 0.2) is 5.82 Å². The summed E-state index contributed by atoms with van der Waals surface area (Å²) in [7, 11) is 0. The molecule has 3 aromatic rings. The Morgan fingerprint density at radius 1 is 1.08 bits per heavy atom. The van der Waals surface area contributed by atoms with E-state index in [4.69, 9.17) is 9.26 Å². The summed E-state index contributed by atoms with van der Waals surface area (Å²) in [5.41, 5.74) is 3.22. The molecule has 1 aliphatic heterocycles. The van der Waals surface area contributed by atoms with Crippen molar-refractivity contribution in [2.45, 2.75) is 19.8 Å². The van der Waals surface area contributed by atoms with Crippen molar-refractivity contribution in [1.82, 2.24) is 25.4 Å². The first-order valence-corrected chi connectivity index (χ1v) is 7.91. The predicted molar refractivity (Wildman–Crippen MR) is 86.9 cm³/mol. The summed E-state index contributed by atoms with van der Waals surface area (Å²) in [4.78, 5) is 12.7. The highest BCUT2D eigenvalue weighted by atomic mass is 16.5. The topological polar surface area (TPSA) is 86.0 Å². The third kappa shape index (κ3) is 3.11. The van der Waals surface area contributed by atoms with Crippen molar-refractivity contribution in [1.29, 1.82) is 0 Å². The van der Waals surface area contributed by atoms with E-state index >= 15 is 0 Å². The van der Waals surface area contributed by atoms with Crippen molar-refractivity contribution in [2.75, 3.05) is 13.1 Å². The van der Waals surface area contributed by atoms with E-state index in [-0.39, 0.29) is 0 Å². The monoisotopic (exact) mass is 323 g/mol. The number of ether oxygens (including phenoxy) is 1. The molecule has 3 heterocycles.